The van der Waals surface area contributed by atoms with Crippen molar-refractivity contribution in [3.63, 3.8) is 0 Å². The maximum Gasteiger partial charge on any atom is 0.338 e. The molecule has 1 unspecified atom stereocenters. The quantitative estimate of drug-likeness (QED) is 0.229. The molecule has 3 aromatic carbocycles. The first-order chi connectivity index (χ1) is 17.2. The largest absolute Gasteiger partial charge is 0.496 e. The van der Waals surface area contributed by atoms with Gasteiger partial charge in [-0.2, -0.15) is 0 Å². The molecule has 1 N–H and O–H groups in total. The molecule has 0 aliphatic carbocycles. The van der Waals surface area contributed by atoms with Gasteiger partial charge in [0.15, 0.2) is 6.10 Å². The van der Waals surface area contributed by atoms with Crippen LogP contribution in [0.5, 0.6) is 5.75 Å². The summed E-state index contributed by atoms with van der Waals surface area (Å²) in [5.74, 6) is -2.49. The number of esters is 1. The van der Waals surface area contributed by atoms with E-state index in [0.717, 1.165) is 11.0 Å². The summed E-state index contributed by atoms with van der Waals surface area (Å²) >= 11 is 0. The fraction of sp³-hybridized carbons (Fsp3) is 0.120. The number of amides is 3. The Bertz CT molecular complexity index is 1380. The zero-order valence-electron chi connectivity index (χ0n) is 19.1. The third kappa shape index (κ3) is 4.49. The number of fused-ring (bicyclic) bond motifs is 1. The maximum absolute atomic E-state index is 12.7. The van der Waals surface area contributed by atoms with Gasteiger partial charge in [0.25, 0.3) is 23.4 Å². The Kier molecular flexibility index (Phi) is 6.46. The number of imide groups is 1. The number of nitrogens with one attached hydrogen (secondary N) is 1. The van der Waals surface area contributed by atoms with Crippen LogP contribution in [0.15, 0.2) is 66.7 Å². The molecular formula is C25H19N3O8. The highest BCUT2D eigenvalue weighted by molar-refractivity contribution is 6.34. The van der Waals surface area contributed by atoms with Crippen LogP contribution in [0.4, 0.5) is 17.1 Å². The van der Waals surface area contributed by atoms with Gasteiger partial charge in [0.05, 0.1) is 40.5 Å². The highest BCUT2D eigenvalue weighted by Crippen LogP contribution is 2.30. The van der Waals surface area contributed by atoms with Crippen molar-refractivity contribution in [1.82, 2.24) is 0 Å². The van der Waals surface area contributed by atoms with Crippen molar-refractivity contribution in [2.45, 2.75) is 13.0 Å². The van der Waals surface area contributed by atoms with E-state index in [1.807, 2.05) is 0 Å². The second-order valence-corrected chi connectivity index (χ2v) is 7.72. The number of hydrogen-bond donors (Lipinski definition) is 1. The highest BCUT2D eigenvalue weighted by Gasteiger charge is 2.36. The van der Waals surface area contributed by atoms with E-state index in [2.05, 4.69) is 5.32 Å². The molecule has 36 heavy (non-hydrogen) atoms. The van der Waals surface area contributed by atoms with E-state index >= 15 is 0 Å². The third-order valence-electron chi connectivity index (χ3n) is 5.45. The Labute approximate surface area is 204 Å². The zero-order chi connectivity index (χ0) is 26.0. The maximum atomic E-state index is 12.7. The Morgan fingerprint density at radius 1 is 0.972 bits per heavy atom. The summed E-state index contributed by atoms with van der Waals surface area (Å²) in [6.45, 7) is 1.30. The van der Waals surface area contributed by atoms with Crippen LogP contribution < -0.4 is 15.0 Å². The number of carbonyl (C=O) groups excluding carboxylic acids is 4. The Balaban J connectivity index is 1.48. The summed E-state index contributed by atoms with van der Waals surface area (Å²) in [6.07, 6.45) is -1.32. The van der Waals surface area contributed by atoms with Gasteiger partial charge in [-0.15, -0.1) is 0 Å². The average Bonchev–Trinajstić information content (AvgIpc) is 3.13. The number of anilines is 2. The normalized spacial score (nSPS) is 13.1. The molecule has 0 fully saturated rings. The van der Waals surface area contributed by atoms with Crippen LogP contribution in [-0.2, 0) is 9.53 Å². The average molecular weight is 489 g/mol. The van der Waals surface area contributed by atoms with Crippen LogP contribution in [0.1, 0.15) is 38.0 Å². The summed E-state index contributed by atoms with van der Waals surface area (Å²) in [5.41, 5.74) is 0.193. The van der Waals surface area contributed by atoms with Crippen molar-refractivity contribution in [1.29, 1.82) is 0 Å². The molecule has 1 aliphatic rings. The van der Waals surface area contributed by atoms with Gasteiger partial charge in [0.2, 0.25) is 0 Å². The topological polar surface area (TPSA) is 145 Å². The lowest BCUT2D eigenvalue weighted by molar-refractivity contribution is -0.384. The number of benzene rings is 3. The zero-order valence-corrected chi connectivity index (χ0v) is 19.1. The fourth-order valence-electron chi connectivity index (χ4n) is 3.61. The lowest BCUT2D eigenvalue weighted by atomic mass is 10.1. The van der Waals surface area contributed by atoms with E-state index in [0.29, 0.717) is 0 Å². The SMILES string of the molecule is COc1ccc(NC(=O)C(C)OC(=O)c2cccc(N3C(=O)c4ccccc4C3=O)c2)c([N+](=O)[O-])c1. The minimum atomic E-state index is -1.32. The molecule has 182 valence electrons. The number of hydrogen-bond acceptors (Lipinski definition) is 8. The molecule has 1 heterocycles. The molecule has 0 aromatic heterocycles. The summed E-state index contributed by atoms with van der Waals surface area (Å²) in [6, 6.07) is 15.9. The lowest BCUT2D eigenvalue weighted by Crippen LogP contribution is -2.31. The molecular weight excluding hydrogens is 470 g/mol. The standard InChI is InChI=1S/C25H19N3O8/c1-14(22(29)26-20-11-10-17(35-2)13-21(20)28(33)34)36-25(32)15-6-5-7-16(12-15)27-23(30)18-8-3-4-9-19(18)24(27)31/h3-14H,1-2H3,(H,26,29). The van der Waals surface area contributed by atoms with E-state index in [4.69, 9.17) is 9.47 Å². The molecule has 1 atom stereocenters. The number of ether oxygens (including phenoxy) is 2. The molecule has 3 amide bonds. The number of methoxy groups -OCH3 is 1. The van der Waals surface area contributed by atoms with Gasteiger partial charge in [-0.3, -0.25) is 24.5 Å². The van der Waals surface area contributed by atoms with E-state index in [1.54, 1.807) is 24.3 Å². The molecule has 0 radical (unpaired) electrons. The number of nitro groups is 1. The highest BCUT2D eigenvalue weighted by atomic mass is 16.6. The minimum Gasteiger partial charge on any atom is -0.496 e. The number of carbonyl (C=O) groups is 4. The summed E-state index contributed by atoms with van der Waals surface area (Å²) < 4.78 is 10.2. The number of nitrogens with zero attached hydrogens (tertiary/aromatic N) is 2. The van der Waals surface area contributed by atoms with Crippen molar-refractivity contribution >= 4 is 40.8 Å². The van der Waals surface area contributed by atoms with E-state index < -0.39 is 40.4 Å². The monoisotopic (exact) mass is 489 g/mol. The van der Waals surface area contributed by atoms with Gasteiger partial charge in [0, 0.05) is 0 Å². The van der Waals surface area contributed by atoms with E-state index in [9.17, 15) is 29.3 Å². The Morgan fingerprint density at radius 3 is 2.25 bits per heavy atom. The van der Waals surface area contributed by atoms with Crippen molar-refractivity contribution in [3.05, 3.63) is 93.5 Å². The summed E-state index contributed by atoms with van der Waals surface area (Å²) in [5, 5.41) is 13.7. The first-order valence-corrected chi connectivity index (χ1v) is 10.6. The first kappa shape index (κ1) is 24.1. The molecule has 0 spiro atoms. The van der Waals surface area contributed by atoms with E-state index in [-0.39, 0.29) is 33.8 Å². The first-order valence-electron chi connectivity index (χ1n) is 10.6. The van der Waals surface area contributed by atoms with Crippen LogP contribution in [0.25, 0.3) is 0 Å². The van der Waals surface area contributed by atoms with Crippen LogP contribution in [0.3, 0.4) is 0 Å². The summed E-state index contributed by atoms with van der Waals surface area (Å²) in [7, 11) is 1.35. The number of nitro benzene ring substituents is 1. The van der Waals surface area contributed by atoms with Crippen molar-refractivity contribution in [2.24, 2.45) is 0 Å². The molecule has 11 nitrogen and oxygen atoms in total. The molecule has 0 saturated heterocycles. The lowest BCUT2D eigenvalue weighted by Gasteiger charge is -2.16. The van der Waals surface area contributed by atoms with Gasteiger partial charge in [-0.1, -0.05) is 18.2 Å². The third-order valence-corrected chi connectivity index (χ3v) is 5.45. The predicted molar refractivity (Wildman–Crippen MR) is 127 cm³/mol. The molecule has 11 heteroatoms. The van der Waals surface area contributed by atoms with Gasteiger partial charge in [-0.25, -0.2) is 9.69 Å². The van der Waals surface area contributed by atoms with Crippen molar-refractivity contribution < 1.29 is 33.6 Å². The second-order valence-electron chi connectivity index (χ2n) is 7.72. The molecule has 0 saturated carbocycles. The van der Waals surface area contributed by atoms with Crippen LogP contribution in [-0.4, -0.2) is 41.8 Å². The van der Waals surface area contributed by atoms with Crippen LogP contribution in [0.2, 0.25) is 0 Å². The number of rotatable bonds is 7. The van der Waals surface area contributed by atoms with Crippen LogP contribution >= 0.6 is 0 Å². The minimum absolute atomic E-state index is 0.000802. The fourth-order valence-corrected chi connectivity index (χ4v) is 3.61. The predicted octanol–water partition coefficient (Wildman–Crippen LogP) is 3.59. The van der Waals surface area contributed by atoms with E-state index in [1.165, 1.54) is 50.4 Å². The van der Waals surface area contributed by atoms with Crippen molar-refractivity contribution in [2.75, 3.05) is 17.3 Å². The smallest absolute Gasteiger partial charge is 0.338 e. The second kappa shape index (κ2) is 9.66. The van der Waals surface area contributed by atoms with Gasteiger partial charge < -0.3 is 14.8 Å². The molecule has 0 bridgehead atoms. The van der Waals surface area contributed by atoms with Crippen molar-refractivity contribution in [3.8, 4) is 5.75 Å². The van der Waals surface area contributed by atoms with Crippen LogP contribution in [0, 0.1) is 10.1 Å². The molecule has 1 aliphatic heterocycles. The molecule has 4 rings (SSSR count). The van der Waals surface area contributed by atoms with Gasteiger partial charge in [-0.05, 0) is 49.4 Å². The summed E-state index contributed by atoms with van der Waals surface area (Å²) in [4.78, 5) is 62.3. The van der Waals surface area contributed by atoms with Gasteiger partial charge >= 0.3 is 5.97 Å². The molecule has 3 aromatic rings. The Morgan fingerprint density at radius 2 is 1.64 bits per heavy atom. The Hall–Kier alpha value is -5.06. The van der Waals surface area contributed by atoms with Gasteiger partial charge in [0.1, 0.15) is 11.4 Å².